The van der Waals surface area contributed by atoms with Crippen LogP contribution in [0.25, 0.3) is 0 Å². The fourth-order valence-electron chi connectivity index (χ4n) is 2.59. The fraction of sp³-hybridized carbons (Fsp3) is 0.933. The van der Waals surface area contributed by atoms with Crippen molar-refractivity contribution in [3.8, 4) is 0 Å². The van der Waals surface area contributed by atoms with E-state index in [2.05, 4.69) is 0 Å². The number of likely N-dealkylation sites (N-methyl/N-ethyl adjacent to an activating group) is 1. The van der Waals surface area contributed by atoms with Crippen LogP contribution in [0.2, 0.25) is 0 Å². The Morgan fingerprint density at radius 2 is 1.63 bits per heavy atom. The van der Waals surface area contributed by atoms with Crippen LogP contribution in [0.15, 0.2) is 0 Å². The van der Waals surface area contributed by atoms with Gasteiger partial charge >= 0.3 is 0 Å². The lowest BCUT2D eigenvalue weighted by atomic mass is 10.1. The van der Waals surface area contributed by atoms with Gasteiger partial charge < -0.3 is 10.0 Å². The van der Waals surface area contributed by atoms with Gasteiger partial charge in [-0.1, -0.05) is 0 Å². The Morgan fingerprint density at radius 1 is 1.16 bits per heavy atom. The molecule has 0 aliphatic heterocycles. The van der Waals surface area contributed by atoms with Crippen molar-refractivity contribution in [2.75, 3.05) is 13.6 Å². The summed E-state index contributed by atoms with van der Waals surface area (Å²) in [5, 5.41) is 9.98. The smallest absolute Gasteiger partial charge is 0.240 e. The number of amides is 1. The molecule has 2 atom stereocenters. The van der Waals surface area contributed by atoms with Gasteiger partial charge in [-0.05, 0) is 60.4 Å². The summed E-state index contributed by atoms with van der Waals surface area (Å²) in [4.78, 5) is 16.4. The van der Waals surface area contributed by atoms with Crippen molar-refractivity contribution in [1.82, 2.24) is 9.80 Å². The van der Waals surface area contributed by atoms with Gasteiger partial charge in [0.2, 0.25) is 5.91 Å². The van der Waals surface area contributed by atoms with Gasteiger partial charge in [0.15, 0.2) is 0 Å². The molecule has 1 rings (SSSR count). The Bertz CT molecular complexity index is 293. The van der Waals surface area contributed by atoms with E-state index in [-0.39, 0.29) is 30.1 Å². The van der Waals surface area contributed by atoms with Crippen LogP contribution in [-0.4, -0.2) is 58.6 Å². The molecule has 1 amide bonds. The maximum absolute atomic E-state index is 12.5. The summed E-state index contributed by atoms with van der Waals surface area (Å²) in [6.45, 7) is 10.7. The number of aliphatic hydroxyl groups excluding tert-OH is 1. The van der Waals surface area contributed by atoms with E-state index in [0.29, 0.717) is 12.5 Å². The molecule has 0 spiro atoms. The van der Waals surface area contributed by atoms with E-state index >= 15 is 0 Å². The molecule has 0 aromatic rings. The molecule has 0 saturated heterocycles. The van der Waals surface area contributed by atoms with Crippen molar-refractivity contribution in [1.29, 1.82) is 0 Å². The number of hydrogen-bond donors (Lipinski definition) is 1. The van der Waals surface area contributed by atoms with Crippen molar-refractivity contribution in [3.63, 3.8) is 0 Å². The summed E-state index contributed by atoms with van der Waals surface area (Å²) in [6, 6.07) is 0.228. The van der Waals surface area contributed by atoms with E-state index in [1.54, 1.807) is 0 Å². The zero-order valence-electron chi connectivity index (χ0n) is 13.3. The second kappa shape index (κ2) is 6.71. The largest absolute Gasteiger partial charge is 0.392 e. The Kier molecular flexibility index (Phi) is 5.81. The zero-order chi connectivity index (χ0) is 14.7. The number of carbonyl (C=O) groups is 1. The topological polar surface area (TPSA) is 43.8 Å². The highest BCUT2D eigenvalue weighted by molar-refractivity contribution is 5.82. The van der Waals surface area contributed by atoms with E-state index in [1.807, 2.05) is 51.5 Å². The predicted octanol–water partition coefficient (Wildman–Crippen LogP) is 1.72. The zero-order valence-corrected chi connectivity index (χ0v) is 13.3. The first-order chi connectivity index (χ1) is 8.75. The summed E-state index contributed by atoms with van der Waals surface area (Å²) < 4.78 is 0. The average molecular weight is 270 g/mol. The van der Waals surface area contributed by atoms with E-state index < -0.39 is 0 Å². The molecule has 4 heteroatoms. The maximum Gasteiger partial charge on any atom is 0.240 e. The molecule has 4 nitrogen and oxygen atoms in total. The minimum Gasteiger partial charge on any atom is -0.392 e. The van der Waals surface area contributed by atoms with Gasteiger partial charge in [0.1, 0.15) is 0 Å². The highest BCUT2D eigenvalue weighted by atomic mass is 16.3. The summed E-state index contributed by atoms with van der Waals surface area (Å²) >= 11 is 0. The van der Waals surface area contributed by atoms with E-state index in [0.717, 1.165) is 12.8 Å². The van der Waals surface area contributed by atoms with Crippen molar-refractivity contribution in [2.24, 2.45) is 5.92 Å². The van der Waals surface area contributed by atoms with Gasteiger partial charge in [-0.3, -0.25) is 9.69 Å². The lowest BCUT2D eigenvalue weighted by molar-refractivity contribution is -0.140. The van der Waals surface area contributed by atoms with Gasteiger partial charge in [-0.15, -0.1) is 0 Å². The molecule has 0 bridgehead atoms. The third kappa shape index (κ3) is 4.46. The van der Waals surface area contributed by atoms with E-state index in [1.165, 1.54) is 0 Å². The third-order valence-corrected chi connectivity index (χ3v) is 4.03. The van der Waals surface area contributed by atoms with Crippen LogP contribution in [0.5, 0.6) is 0 Å². The Balaban J connectivity index is 2.58. The average Bonchev–Trinajstić information content (AvgIpc) is 3.10. The number of nitrogens with zero attached hydrogens (tertiary/aromatic N) is 2. The lowest BCUT2D eigenvalue weighted by Crippen LogP contribution is -2.52. The van der Waals surface area contributed by atoms with Crippen molar-refractivity contribution in [3.05, 3.63) is 0 Å². The van der Waals surface area contributed by atoms with E-state index in [9.17, 15) is 9.90 Å². The van der Waals surface area contributed by atoms with Crippen molar-refractivity contribution >= 4 is 5.91 Å². The fourth-order valence-corrected chi connectivity index (χ4v) is 2.59. The molecule has 0 heterocycles. The molecule has 1 N–H and O–H groups in total. The molecular formula is C15H30N2O2. The van der Waals surface area contributed by atoms with Crippen LogP contribution < -0.4 is 0 Å². The number of aliphatic hydroxyl groups is 1. The predicted molar refractivity (Wildman–Crippen MR) is 77.9 cm³/mol. The monoisotopic (exact) mass is 270 g/mol. The van der Waals surface area contributed by atoms with Crippen molar-refractivity contribution < 1.29 is 9.90 Å². The Labute approximate surface area is 117 Å². The van der Waals surface area contributed by atoms with Gasteiger partial charge in [0.25, 0.3) is 0 Å². The van der Waals surface area contributed by atoms with Crippen LogP contribution in [0, 0.1) is 5.92 Å². The molecular weight excluding hydrogens is 240 g/mol. The molecule has 112 valence electrons. The Morgan fingerprint density at radius 3 is 2.00 bits per heavy atom. The van der Waals surface area contributed by atoms with Crippen LogP contribution in [0.4, 0.5) is 0 Å². The number of carbonyl (C=O) groups excluding carboxylic acids is 1. The third-order valence-electron chi connectivity index (χ3n) is 4.03. The van der Waals surface area contributed by atoms with Crippen LogP contribution in [-0.2, 0) is 4.79 Å². The SMILES string of the molecule is CC(C(=O)N(C(C)C)C(C)C)N(C)CC(O)C1CC1. The van der Waals surface area contributed by atoms with Gasteiger partial charge in [-0.25, -0.2) is 0 Å². The van der Waals surface area contributed by atoms with Gasteiger partial charge in [-0.2, -0.15) is 0 Å². The van der Waals surface area contributed by atoms with Gasteiger partial charge in [0, 0.05) is 18.6 Å². The minimum absolute atomic E-state index is 0.149. The maximum atomic E-state index is 12.5. The van der Waals surface area contributed by atoms with Crippen LogP contribution in [0.3, 0.4) is 0 Å². The molecule has 0 aromatic heterocycles. The second-order valence-electron chi connectivity index (χ2n) is 6.45. The molecule has 1 fully saturated rings. The molecule has 0 aromatic carbocycles. The molecule has 1 aliphatic carbocycles. The lowest BCUT2D eigenvalue weighted by Gasteiger charge is -2.36. The van der Waals surface area contributed by atoms with E-state index in [4.69, 9.17) is 0 Å². The minimum atomic E-state index is -0.285. The number of rotatable bonds is 7. The summed E-state index contributed by atoms with van der Waals surface area (Å²) in [5.74, 6) is 0.603. The quantitative estimate of drug-likeness (QED) is 0.766. The first-order valence-corrected chi connectivity index (χ1v) is 7.46. The van der Waals surface area contributed by atoms with Crippen molar-refractivity contribution in [2.45, 2.75) is 71.7 Å². The molecule has 2 unspecified atom stereocenters. The molecule has 0 radical (unpaired) electrons. The highest BCUT2D eigenvalue weighted by Gasteiger charge is 2.33. The second-order valence-corrected chi connectivity index (χ2v) is 6.45. The summed E-state index contributed by atoms with van der Waals surface area (Å²) in [7, 11) is 1.92. The molecule has 1 saturated carbocycles. The normalized spacial score (nSPS) is 19.1. The van der Waals surface area contributed by atoms with Crippen LogP contribution >= 0.6 is 0 Å². The van der Waals surface area contributed by atoms with Crippen LogP contribution in [0.1, 0.15) is 47.5 Å². The van der Waals surface area contributed by atoms with Gasteiger partial charge in [0.05, 0.1) is 12.1 Å². The number of hydrogen-bond acceptors (Lipinski definition) is 3. The standard InChI is InChI=1S/C15H30N2O2/c1-10(2)17(11(3)4)15(19)12(5)16(6)9-14(18)13-7-8-13/h10-14,18H,7-9H2,1-6H3. The Hall–Kier alpha value is -0.610. The summed E-state index contributed by atoms with van der Waals surface area (Å²) in [6.07, 6.45) is 1.97. The molecule has 19 heavy (non-hydrogen) atoms. The molecule has 1 aliphatic rings. The first-order valence-electron chi connectivity index (χ1n) is 7.46. The first kappa shape index (κ1) is 16.4. The highest BCUT2D eigenvalue weighted by Crippen LogP contribution is 2.32. The summed E-state index contributed by atoms with van der Waals surface area (Å²) in [5.41, 5.74) is 0.